The van der Waals surface area contributed by atoms with Crippen LogP contribution in [0.3, 0.4) is 0 Å². The van der Waals surface area contributed by atoms with Crippen molar-refractivity contribution in [3.05, 3.63) is 29.8 Å². The van der Waals surface area contributed by atoms with Gasteiger partial charge in [0.1, 0.15) is 12.0 Å². The van der Waals surface area contributed by atoms with Gasteiger partial charge in [0.05, 0.1) is 13.2 Å². The molecule has 2 atom stereocenters. The largest absolute Gasteiger partial charge is 0.497 e. The van der Waals surface area contributed by atoms with Gasteiger partial charge in [-0.3, -0.25) is 4.79 Å². The number of hydrogen-bond acceptors (Lipinski definition) is 3. The second-order valence-electron chi connectivity index (χ2n) is 4.60. The van der Waals surface area contributed by atoms with Crippen molar-refractivity contribution in [2.24, 2.45) is 5.92 Å². The molecule has 1 aliphatic rings. The number of ether oxygens (including phenoxy) is 1. The molecule has 1 fully saturated rings. The standard InChI is InChI=1S/C14H17NO3.C2H6/c1-10(12-3-5-13(18-2)6-4-12)15-8-11(9-16)7-14(15)17;1-2/h3-6,9-11H,7-8H2,1-2H3;1-2H3. The maximum atomic E-state index is 11.8. The third kappa shape index (κ3) is 3.59. The lowest BCUT2D eigenvalue weighted by molar-refractivity contribution is -0.129. The van der Waals surface area contributed by atoms with Gasteiger partial charge in [-0.25, -0.2) is 0 Å². The van der Waals surface area contributed by atoms with Crippen LogP contribution in [0.1, 0.15) is 38.8 Å². The van der Waals surface area contributed by atoms with Gasteiger partial charge in [0.25, 0.3) is 0 Å². The molecule has 4 nitrogen and oxygen atoms in total. The average molecular weight is 277 g/mol. The van der Waals surface area contributed by atoms with E-state index in [0.29, 0.717) is 13.0 Å². The summed E-state index contributed by atoms with van der Waals surface area (Å²) in [7, 11) is 1.62. The van der Waals surface area contributed by atoms with Crippen molar-refractivity contribution in [1.82, 2.24) is 4.90 Å². The van der Waals surface area contributed by atoms with Gasteiger partial charge in [-0.15, -0.1) is 0 Å². The second kappa shape index (κ2) is 7.68. The van der Waals surface area contributed by atoms with E-state index in [0.717, 1.165) is 17.6 Å². The SMILES string of the molecule is CC.COc1ccc(C(C)N2CC(C=O)CC2=O)cc1. The summed E-state index contributed by atoms with van der Waals surface area (Å²) in [5, 5.41) is 0. The minimum absolute atomic E-state index is 0.00615. The molecule has 0 aliphatic carbocycles. The van der Waals surface area contributed by atoms with Crippen LogP contribution in [0, 0.1) is 5.92 Å². The summed E-state index contributed by atoms with van der Waals surface area (Å²) in [6, 6.07) is 7.65. The first-order valence-corrected chi connectivity index (χ1v) is 7.04. The van der Waals surface area contributed by atoms with E-state index in [4.69, 9.17) is 4.74 Å². The molecule has 4 heteroatoms. The number of methoxy groups -OCH3 is 1. The molecule has 0 saturated carbocycles. The third-order valence-corrected chi connectivity index (χ3v) is 3.45. The van der Waals surface area contributed by atoms with Crippen LogP contribution in [0.25, 0.3) is 0 Å². The maximum absolute atomic E-state index is 11.8. The molecule has 1 aliphatic heterocycles. The van der Waals surface area contributed by atoms with Crippen molar-refractivity contribution in [1.29, 1.82) is 0 Å². The summed E-state index contributed by atoms with van der Waals surface area (Å²) in [4.78, 5) is 24.3. The lowest BCUT2D eigenvalue weighted by atomic mass is 10.1. The van der Waals surface area contributed by atoms with Gasteiger partial charge in [-0.2, -0.15) is 0 Å². The third-order valence-electron chi connectivity index (χ3n) is 3.45. The van der Waals surface area contributed by atoms with Crippen molar-refractivity contribution < 1.29 is 14.3 Å². The number of carbonyl (C=O) groups excluding carboxylic acids is 2. The molecule has 0 spiro atoms. The van der Waals surface area contributed by atoms with E-state index in [-0.39, 0.29) is 17.9 Å². The number of hydrogen-bond donors (Lipinski definition) is 0. The predicted molar refractivity (Wildman–Crippen MR) is 78.6 cm³/mol. The summed E-state index contributed by atoms with van der Waals surface area (Å²) in [6.45, 7) is 6.50. The molecule has 1 aromatic carbocycles. The molecule has 1 saturated heterocycles. The molecule has 1 amide bonds. The molecule has 0 N–H and O–H groups in total. The highest BCUT2D eigenvalue weighted by Crippen LogP contribution is 2.28. The van der Waals surface area contributed by atoms with Crippen LogP contribution in [0.5, 0.6) is 5.75 Å². The number of rotatable bonds is 4. The highest BCUT2D eigenvalue weighted by atomic mass is 16.5. The lowest BCUT2D eigenvalue weighted by Gasteiger charge is -2.25. The van der Waals surface area contributed by atoms with Crippen LogP contribution >= 0.6 is 0 Å². The molecule has 2 unspecified atom stereocenters. The Morgan fingerprint density at radius 1 is 1.30 bits per heavy atom. The number of likely N-dealkylation sites (tertiary alicyclic amines) is 1. The molecule has 0 radical (unpaired) electrons. The average Bonchev–Trinajstić information content (AvgIpc) is 2.90. The number of amides is 1. The molecule has 1 heterocycles. The van der Waals surface area contributed by atoms with Crippen LogP contribution in [-0.2, 0) is 9.59 Å². The highest BCUT2D eigenvalue weighted by molar-refractivity contribution is 5.83. The van der Waals surface area contributed by atoms with Gasteiger partial charge < -0.3 is 14.4 Å². The monoisotopic (exact) mass is 277 g/mol. The summed E-state index contributed by atoms with van der Waals surface area (Å²) in [6.07, 6.45) is 1.21. The topological polar surface area (TPSA) is 46.6 Å². The van der Waals surface area contributed by atoms with Gasteiger partial charge in [0.2, 0.25) is 5.91 Å². The van der Waals surface area contributed by atoms with Crippen molar-refractivity contribution >= 4 is 12.2 Å². The highest BCUT2D eigenvalue weighted by Gasteiger charge is 2.32. The van der Waals surface area contributed by atoms with E-state index < -0.39 is 0 Å². The van der Waals surface area contributed by atoms with Gasteiger partial charge in [-0.05, 0) is 24.6 Å². The Labute approximate surface area is 120 Å². The zero-order valence-corrected chi connectivity index (χ0v) is 12.6. The number of benzene rings is 1. The van der Waals surface area contributed by atoms with Crippen LogP contribution in [0.2, 0.25) is 0 Å². The van der Waals surface area contributed by atoms with E-state index in [1.807, 2.05) is 45.0 Å². The number of nitrogens with zero attached hydrogens (tertiary/aromatic N) is 1. The fourth-order valence-electron chi connectivity index (χ4n) is 2.29. The zero-order chi connectivity index (χ0) is 15.1. The van der Waals surface area contributed by atoms with E-state index in [9.17, 15) is 9.59 Å². The summed E-state index contributed by atoms with van der Waals surface area (Å²) < 4.78 is 5.10. The van der Waals surface area contributed by atoms with Gasteiger partial charge in [-0.1, -0.05) is 26.0 Å². The summed E-state index contributed by atoms with van der Waals surface area (Å²) in [5.41, 5.74) is 1.05. The van der Waals surface area contributed by atoms with E-state index in [2.05, 4.69) is 0 Å². The minimum Gasteiger partial charge on any atom is -0.497 e. The summed E-state index contributed by atoms with van der Waals surface area (Å²) >= 11 is 0. The van der Waals surface area contributed by atoms with E-state index >= 15 is 0 Å². The first kappa shape index (κ1) is 16.2. The van der Waals surface area contributed by atoms with Gasteiger partial charge in [0, 0.05) is 18.9 Å². The minimum atomic E-state index is -0.154. The Morgan fingerprint density at radius 2 is 1.90 bits per heavy atom. The Bertz CT molecular complexity index is 442. The predicted octanol–water partition coefficient (Wildman–Crippen LogP) is 2.83. The Morgan fingerprint density at radius 3 is 2.35 bits per heavy atom. The first-order valence-electron chi connectivity index (χ1n) is 7.04. The van der Waals surface area contributed by atoms with Gasteiger partial charge >= 0.3 is 0 Å². The van der Waals surface area contributed by atoms with Crippen LogP contribution in [0.15, 0.2) is 24.3 Å². The second-order valence-corrected chi connectivity index (χ2v) is 4.60. The molecular formula is C16H23NO3. The smallest absolute Gasteiger partial charge is 0.223 e. The lowest BCUT2D eigenvalue weighted by Crippen LogP contribution is -2.28. The molecule has 0 aromatic heterocycles. The van der Waals surface area contributed by atoms with Gasteiger partial charge in [0.15, 0.2) is 0 Å². The van der Waals surface area contributed by atoms with Crippen molar-refractivity contribution in [2.75, 3.05) is 13.7 Å². The normalized spacial score (nSPS) is 19.1. The fourth-order valence-corrected chi connectivity index (χ4v) is 2.29. The molecule has 110 valence electrons. The molecule has 2 rings (SSSR count). The van der Waals surface area contributed by atoms with Crippen LogP contribution in [0.4, 0.5) is 0 Å². The fraction of sp³-hybridized carbons (Fsp3) is 0.500. The molecule has 1 aromatic rings. The quantitative estimate of drug-likeness (QED) is 0.795. The molecule has 20 heavy (non-hydrogen) atoms. The zero-order valence-electron chi connectivity index (χ0n) is 12.6. The molecule has 0 bridgehead atoms. The Kier molecular flexibility index (Phi) is 6.22. The van der Waals surface area contributed by atoms with E-state index in [1.165, 1.54) is 0 Å². The maximum Gasteiger partial charge on any atom is 0.223 e. The van der Waals surface area contributed by atoms with Crippen LogP contribution < -0.4 is 4.74 Å². The molecular weight excluding hydrogens is 254 g/mol. The van der Waals surface area contributed by atoms with E-state index in [1.54, 1.807) is 12.0 Å². The number of aldehydes is 1. The summed E-state index contributed by atoms with van der Waals surface area (Å²) in [5.74, 6) is 0.693. The Balaban J connectivity index is 0.000000956. The Hall–Kier alpha value is -1.84. The van der Waals surface area contributed by atoms with Crippen molar-refractivity contribution in [3.63, 3.8) is 0 Å². The first-order chi connectivity index (χ1) is 9.65. The number of carbonyl (C=O) groups is 2. The van der Waals surface area contributed by atoms with Crippen molar-refractivity contribution in [3.8, 4) is 5.75 Å². The van der Waals surface area contributed by atoms with Crippen molar-refractivity contribution in [2.45, 2.75) is 33.2 Å². The van der Waals surface area contributed by atoms with Crippen LogP contribution in [-0.4, -0.2) is 30.7 Å².